The van der Waals surface area contributed by atoms with E-state index in [0.29, 0.717) is 30.3 Å². The van der Waals surface area contributed by atoms with E-state index in [1.165, 1.54) is 6.08 Å². The molecule has 0 saturated carbocycles. The number of carbonyl (C=O) groups is 1. The molecule has 17 heavy (non-hydrogen) atoms. The van der Waals surface area contributed by atoms with E-state index in [-0.39, 0.29) is 5.78 Å². The number of benzene rings is 1. The summed E-state index contributed by atoms with van der Waals surface area (Å²) in [6, 6.07) is 5.23. The number of hydrogen-bond acceptors (Lipinski definition) is 4. The topological polar surface area (TPSA) is 38.8 Å². The first-order valence-electron chi connectivity index (χ1n) is 5.45. The van der Waals surface area contributed by atoms with Crippen molar-refractivity contribution in [2.24, 2.45) is 0 Å². The van der Waals surface area contributed by atoms with E-state index in [9.17, 15) is 4.79 Å². The molecule has 0 aliphatic carbocycles. The Morgan fingerprint density at radius 3 is 2.65 bits per heavy atom. The van der Waals surface area contributed by atoms with Gasteiger partial charge in [0, 0.05) is 31.9 Å². The minimum atomic E-state index is -0.0457. The minimum Gasteiger partial charge on any atom is -0.486 e. The highest BCUT2D eigenvalue weighted by atomic mass is 16.6. The van der Waals surface area contributed by atoms with E-state index >= 15 is 0 Å². The molecule has 0 unspecified atom stereocenters. The monoisotopic (exact) mass is 233 g/mol. The van der Waals surface area contributed by atoms with Gasteiger partial charge in [-0.25, -0.2) is 0 Å². The van der Waals surface area contributed by atoms with Gasteiger partial charge in [0.2, 0.25) is 0 Å². The van der Waals surface area contributed by atoms with E-state index in [2.05, 4.69) is 0 Å². The molecule has 4 nitrogen and oxygen atoms in total. The highest BCUT2D eigenvalue weighted by molar-refractivity contribution is 6.04. The van der Waals surface area contributed by atoms with Gasteiger partial charge < -0.3 is 14.4 Å². The van der Waals surface area contributed by atoms with Crippen LogP contribution in [0.15, 0.2) is 30.5 Å². The quantitative estimate of drug-likeness (QED) is 0.588. The predicted molar refractivity (Wildman–Crippen MR) is 64.6 cm³/mol. The molecular formula is C13H15NO3. The molecule has 1 aliphatic rings. The van der Waals surface area contributed by atoms with Crippen molar-refractivity contribution in [2.75, 3.05) is 27.3 Å². The maximum atomic E-state index is 11.8. The van der Waals surface area contributed by atoms with Crippen LogP contribution in [0, 0.1) is 0 Å². The number of allylic oxidation sites excluding steroid dienone is 1. The summed E-state index contributed by atoms with van der Waals surface area (Å²) in [6.07, 6.45) is 3.25. The molecule has 1 heterocycles. The fourth-order valence-corrected chi connectivity index (χ4v) is 1.51. The van der Waals surface area contributed by atoms with Gasteiger partial charge in [0.15, 0.2) is 17.3 Å². The molecule has 0 bridgehead atoms. The van der Waals surface area contributed by atoms with Gasteiger partial charge in [-0.2, -0.15) is 0 Å². The molecule has 0 amide bonds. The lowest BCUT2D eigenvalue weighted by Gasteiger charge is -2.18. The predicted octanol–water partition coefficient (Wildman–Crippen LogP) is 1.72. The summed E-state index contributed by atoms with van der Waals surface area (Å²) in [5.41, 5.74) is 0.604. The van der Waals surface area contributed by atoms with Gasteiger partial charge >= 0.3 is 0 Å². The van der Waals surface area contributed by atoms with E-state index < -0.39 is 0 Å². The molecule has 90 valence electrons. The molecule has 0 saturated heterocycles. The van der Waals surface area contributed by atoms with Crippen molar-refractivity contribution in [2.45, 2.75) is 0 Å². The summed E-state index contributed by atoms with van der Waals surface area (Å²) in [5.74, 6) is 1.29. The first kappa shape index (κ1) is 11.5. The van der Waals surface area contributed by atoms with E-state index in [4.69, 9.17) is 9.47 Å². The molecule has 0 spiro atoms. The second-order valence-electron chi connectivity index (χ2n) is 4.00. The fourth-order valence-electron chi connectivity index (χ4n) is 1.51. The van der Waals surface area contributed by atoms with Crippen LogP contribution in [0.1, 0.15) is 10.4 Å². The summed E-state index contributed by atoms with van der Waals surface area (Å²) in [7, 11) is 3.74. The molecular weight excluding hydrogens is 218 g/mol. The molecule has 0 radical (unpaired) electrons. The summed E-state index contributed by atoms with van der Waals surface area (Å²) in [4.78, 5) is 13.6. The van der Waals surface area contributed by atoms with Crippen molar-refractivity contribution in [3.8, 4) is 11.5 Å². The first-order valence-corrected chi connectivity index (χ1v) is 5.45. The number of rotatable bonds is 3. The average molecular weight is 233 g/mol. The highest BCUT2D eigenvalue weighted by Crippen LogP contribution is 2.30. The molecule has 1 aromatic rings. The molecule has 0 fully saturated rings. The number of ether oxygens (including phenoxy) is 2. The maximum absolute atomic E-state index is 11.8. The minimum absolute atomic E-state index is 0.0457. The van der Waals surface area contributed by atoms with Gasteiger partial charge in [-0.15, -0.1) is 0 Å². The summed E-state index contributed by atoms with van der Waals surface area (Å²) in [5, 5.41) is 0. The third-order valence-corrected chi connectivity index (χ3v) is 2.35. The van der Waals surface area contributed by atoms with E-state index in [1.54, 1.807) is 24.4 Å². The Kier molecular flexibility index (Phi) is 3.32. The standard InChI is InChI=1S/C13H15NO3/c1-14(2)6-5-11(15)10-3-4-12-13(9-10)17-8-7-16-12/h3-6,9H,7-8H2,1-2H3/b6-5+. The molecule has 1 aromatic carbocycles. The van der Waals surface area contributed by atoms with E-state index in [1.807, 2.05) is 19.0 Å². The SMILES string of the molecule is CN(C)/C=C/C(=O)c1ccc2c(c1)OCCO2. The van der Waals surface area contributed by atoms with E-state index in [0.717, 1.165) is 0 Å². The second kappa shape index (κ2) is 4.91. The van der Waals surface area contributed by atoms with Gasteiger partial charge in [-0.05, 0) is 18.2 Å². The van der Waals surface area contributed by atoms with Crippen LogP contribution in [0.5, 0.6) is 11.5 Å². The largest absolute Gasteiger partial charge is 0.486 e. The first-order chi connectivity index (χ1) is 8.16. The van der Waals surface area contributed by atoms with Crippen molar-refractivity contribution in [3.63, 3.8) is 0 Å². The van der Waals surface area contributed by atoms with Gasteiger partial charge in [0.25, 0.3) is 0 Å². The smallest absolute Gasteiger partial charge is 0.187 e. The lowest BCUT2D eigenvalue weighted by atomic mass is 10.1. The summed E-state index contributed by atoms with van der Waals surface area (Å²) in [6.45, 7) is 1.08. The molecule has 0 N–H and O–H groups in total. The Morgan fingerprint density at radius 1 is 1.24 bits per heavy atom. The maximum Gasteiger partial charge on any atom is 0.187 e. The van der Waals surface area contributed by atoms with Crippen LogP contribution in [0.4, 0.5) is 0 Å². The zero-order chi connectivity index (χ0) is 12.3. The Bertz CT molecular complexity index is 452. The van der Waals surface area contributed by atoms with Crippen molar-refractivity contribution in [1.82, 2.24) is 4.90 Å². The van der Waals surface area contributed by atoms with Crippen molar-refractivity contribution in [1.29, 1.82) is 0 Å². The van der Waals surface area contributed by atoms with Crippen LogP contribution < -0.4 is 9.47 Å². The lowest BCUT2D eigenvalue weighted by molar-refractivity contribution is 0.104. The van der Waals surface area contributed by atoms with Crippen molar-refractivity contribution in [3.05, 3.63) is 36.0 Å². The summed E-state index contributed by atoms with van der Waals surface area (Å²) < 4.78 is 10.8. The fraction of sp³-hybridized carbons (Fsp3) is 0.308. The van der Waals surface area contributed by atoms with Crippen LogP contribution in [-0.2, 0) is 0 Å². The van der Waals surface area contributed by atoms with Gasteiger partial charge in [-0.1, -0.05) is 0 Å². The Labute approximate surface area is 100 Å². The molecule has 0 atom stereocenters. The number of ketones is 1. The third kappa shape index (κ3) is 2.78. The second-order valence-corrected chi connectivity index (χ2v) is 4.00. The zero-order valence-corrected chi connectivity index (χ0v) is 9.97. The van der Waals surface area contributed by atoms with Crippen molar-refractivity contribution >= 4 is 5.78 Å². The number of fused-ring (bicyclic) bond motifs is 1. The third-order valence-electron chi connectivity index (χ3n) is 2.35. The van der Waals surface area contributed by atoms with Gasteiger partial charge in [0.05, 0.1) is 0 Å². The molecule has 0 aromatic heterocycles. The average Bonchev–Trinajstić information content (AvgIpc) is 2.35. The lowest BCUT2D eigenvalue weighted by Crippen LogP contribution is -2.15. The molecule has 2 rings (SSSR count). The van der Waals surface area contributed by atoms with Crippen LogP contribution in [0.25, 0.3) is 0 Å². The van der Waals surface area contributed by atoms with Crippen LogP contribution in [0.3, 0.4) is 0 Å². The van der Waals surface area contributed by atoms with Crippen LogP contribution in [0.2, 0.25) is 0 Å². The number of nitrogens with zero attached hydrogens (tertiary/aromatic N) is 1. The summed E-state index contributed by atoms with van der Waals surface area (Å²) >= 11 is 0. The Balaban J connectivity index is 2.19. The van der Waals surface area contributed by atoms with Crippen LogP contribution >= 0.6 is 0 Å². The van der Waals surface area contributed by atoms with Crippen molar-refractivity contribution < 1.29 is 14.3 Å². The number of carbonyl (C=O) groups excluding carboxylic acids is 1. The van der Waals surface area contributed by atoms with Gasteiger partial charge in [-0.3, -0.25) is 4.79 Å². The Hall–Kier alpha value is -1.97. The number of hydrogen-bond donors (Lipinski definition) is 0. The van der Waals surface area contributed by atoms with Crippen LogP contribution in [-0.4, -0.2) is 38.0 Å². The normalized spacial score (nSPS) is 13.8. The highest BCUT2D eigenvalue weighted by Gasteiger charge is 2.13. The Morgan fingerprint density at radius 2 is 1.94 bits per heavy atom. The van der Waals surface area contributed by atoms with Gasteiger partial charge in [0.1, 0.15) is 13.2 Å². The molecule has 1 aliphatic heterocycles. The molecule has 4 heteroatoms. The zero-order valence-electron chi connectivity index (χ0n) is 9.97.